The van der Waals surface area contributed by atoms with Crippen LogP contribution in [0.2, 0.25) is 0 Å². The number of nitrogens with zero attached hydrogens (tertiary/aromatic N) is 2. The Balaban J connectivity index is 2.38. The summed E-state index contributed by atoms with van der Waals surface area (Å²) in [6.45, 7) is 14.7. The van der Waals surface area contributed by atoms with Crippen molar-refractivity contribution in [1.29, 1.82) is 0 Å². The monoisotopic (exact) mass is 320 g/mol. The lowest BCUT2D eigenvalue weighted by molar-refractivity contribution is 0.0141. The Bertz CT molecular complexity index is 322. The van der Waals surface area contributed by atoms with Crippen molar-refractivity contribution in [3.05, 3.63) is 0 Å². The predicted molar refractivity (Wildman–Crippen MR) is 89.4 cm³/mol. The van der Waals surface area contributed by atoms with E-state index < -0.39 is 5.60 Å². The van der Waals surface area contributed by atoms with Crippen LogP contribution in [0.15, 0.2) is 0 Å². The number of piperazine rings is 1. The molecule has 1 saturated heterocycles. The predicted octanol–water partition coefficient (Wildman–Crippen LogP) is 3.33. The van der Waals surface area contributed by atoms with Crippen LogP contribution < -0.4 is 0 Å². The van der Waals surface area contributed by atoms with Crippen LogP contribution in [-0.2, 0) is 4.74 Å². The van der Waals surface area contributed by atoms with Crippen molar-refractivity contribution >= 4 is 27.7 Å². The van der Waals surface area contributed by atoms with Crippen LogP contribution in [0, 0.1) is 0 Å². The normalized spacial score (nSPS) is 18.2. The van der Waals surface area contributed by atoms with Gasteiger partial charge in [-0.15, -0.1) is 0 Å². The van der Waals surface area contributed by atoms with Gasteiger partial charge in [0, 0.05) is 37.5 Å². The van der Waals surface area contributed by atoms with Gasteiger partial charge in [0.1, 0.15) is 5.60 Å². The van der Waals surface area contributed by atoms with Crippen molar-refractivity contribution in [1.82, 2.24) is 9.80 Å². The molecule has 0 aromatic rings. The van der Waals surface area contributed by atoms with Gasteiger partial charge in [-0.3, -0.25) is 4.90 Å². The Morgan fingerprint density at radius 2 is 1.65 bits per heavy atom. The maximum absolute atomic E-state index is 12.0. The molecule has 1 amide bonds. The third-order valence-corrected chi connectivity index (χ3v) is 5.54. The zero-order valence-electron chi connectivity index (χ0n) is 13.6. The van der Waals surface area contributed by atoms with Crippen LogP contribution in [0.1, 0.15) is 34.6 Å². The van der Waals surface area contributed by atoms with Crippen molar-refractivity contribution in [2.24, 2.45) is 0 Å². The Morgan fingerprint density at radius 1 is 1.10 bits per heavy atom. The van der Waals surface area contributed by atoms with E-state index in [-0.39, 0.29) is 10.8 Å². The van der Waals surface area contributed by atoms with Gasteiger partial charge in [-0.1, -0.05) is 21.6 Å². The van der Waals surface area contributed by atoms with E-state index in [9.17, 15) is 4.79 Å². The van der Waals surface area contributed by atoms with Gasteiger partial charge in [-0.2, -0.15) is 0 Å². The summed E-state index contributed by atoms with van der Waals surface area (Å²) in [6, 6.07) is 0. The minimum absolute atomic E-state index is 0.185. The molecule has 1 aliphatic rings. The second kappa shape index (κ2) is 7.27. The molecule has 1 rings (SSSR count). The summed E-state index contributed by atoms with van der Waals surface area (Å²) in [5.74, 6) is 0. The standard InChI is InChI=1S/C14H28N2O2S2/c1-13(2,3)18-12(17)16-9-7-15(8-10-16)11-14(4,5)20-19-6/h7-11H2,1-6H3. The molecule has 1 fully saturated rings. The van der Waals surface area contributed by atoms with Crippen LogP contribution in [0.5, 0.6) is 0 Å². The van der Waals surface area contributed by atoms with Gasteiger partial charge in [0.15, 0.2) is 0 Å². The first-order valence-corrected chi connectivity index (χ1v) is 9.61. The molecular weight excluding hydrogens is 292 g/mol. The molecule has 0 aromatic heterocycles. The number of rotatable bonds is 4. The molecule has 0 saturated carbocycles. The Kier molecular flexibility index (Phi) is 6.54. The first-order valence-electron chi connectivity index (χ1n) is 7.05. The molecule has 6 heteroatoms. The molecule has 0 aliphatic carbocycles. The van der Waals surface area contributed by atoms with Crippen molar-refractivity contribution in [2.45, 2.75) is 45.0 Å². The number of amides is 1. The van der Waals surface area contributed by atoms with Crippen molar-refractivity contribution in [3.8, 4) is 0 Å². The number of carbonyl (C=O) groups excluding carboxylic acids is 1. The minimum Gasteiger partial charge on any atom is -0.444 e. The first kappa shape index (κ1) is 18.0. The Hall–Kier alpha value is -0.0700. The van der Waals surface area contributed by atoms with Gasteiger partial charge in [-0.05, 0) is 40.9 Å². The van der Waals surface area contributed by atoms with Gasteiger partial charge >= 0.3 is 6.09 Å². The maximum Gasteiger partial charge on any atom is 0.410 e. The van der Waals surface area contributed by atoms with E-state index >= 15 is 0 Å². The zero-order chi connectivity index (χ0) is 15.4. The molecule has 1 aliphatic heterocycles. The van der Waals surface area contributed by atoms with Gasteiger partial charge in [0.25, 0.3) is 0 Å². The number of hydrogen-bond acceptors (Lipinski definition) is 5. The molecule has 0 aromatic carbocycles. The third-order valence-electron chi connectivity index (χ3n) is 2.94. The van der Waals surface area contributed by atoms with Gasteiger partial charge in [0.2, 0.25) is 0 Å². The molecule has 118 valence electrons. The average molecular weight is 321 g/mol. The number of carbonyl (C=O) groups is 1. The smallest absolute Gasteiger partial charge is 0.410 e. The second-order valence-electron chi connectivity index (χ2n) is 6.75. The summed E-state index contributed by atoms with van der Waals surface area (Å²) < 4.78 is 5.66. The fourth-order valence-corrected chi connectivity index (χ4v) is 4.40. The molecule has 0 radical (unpaired) electrons. The lowest BCUT2D eigenvalue weighted by atomic mass is 10.1. The van der Waals surface area contributed by atoms with Crippen LogP contribution in [0.3, 0.4) is 0 Å². The van der Waals surface area contributed by atoms with E-state index in [1.165, 1.54) is 0 Å². The van der Waals surface area contributed by atoms with Crippen LogP contribution in [0.25, 0.3) is 0 Å². The van der Waals surface area contributed by atoms with Crippen LogP contribution in [-0.4, -0.2) is 65.2 Å². The molecule has 20 heavy (non-hydrogen) atoms. The van der Waals surface area contributed by atoms with E-state index in [4.69, 9.17) is 4.74 Å². The highest BCUT2D eigenvalue weighted by Crippen LogP contribution is 2.34. The Labute approximate surface area is 131 Å². The molecular formula is C14H28N2O2S2. The summed E-state index contributed by atoms with van der Waals surface area (Å²) in [6.07, 6.45) is 1.93. The van der Waals surface area contributed by atoms with Gasteiger partial charge in [-0.25, -0.2) is 4.79 Å². The number of ether oxygens (including phenoxy) is 1. The van der Waals surface area contributed by atoms with Crippen molar-refractivity contribution < 1.29 is 9.53 Å². The largest absolute Gasteiger partial charge is 0.444 e. The van der Waals surface area contributed by atoms with E-state index in [0.717, 1.165) is 32.7 Å². The van der Waals surface area contributed by atoms with Crippen LogP contribution >= 0.6 is 21.6 Å². The zero-order valence-corrected chi connectivity index (χ0v) is 15.2. The number of hydrogen-bond donors (Lipinski definition) is 0. The maximum atomic E-state index is 12.0. The van der Waals surface area contributed by atoms with E-state index in [1.807, 2.05) is 47.3 Å². The topological polar surface area (TPSA) is 32.8 Å². The molecule has 0 spiro atoms. The molecule has 0 atom stereocenters. The molecule has 1 heterocycles. The summed E-state index contributed by atoms with van der Waals surface area (Å²) in [7, 11) is 3.73. The average Bonchev–Trinajstić information content (AvgIpc) is 2.26. The van der Waals surface area contributed by atoms with Crippen molar-refractivity contribution in [3.63, 3.8) is 0 Å². The summed E-state index contributed by atoms with van der Waals surface area (Å²) in [5.41, 5.74) is -0.412. The summed E-state index contributed by atoms with van der Waals surface area (Å²) in [5, 5.41) is 0. The third kappa shape index (κ3) is 6.59. The van der Waals surface area contributed by atoms with Gasteiger partial charge in [0.05, 0.1) is 0 Å². The highest BCUT2D eigenvalue weighted by atomic mass is 33.1. The molecule has 0 bridgehead atoms. The fraction of sp³-hybridized carbons (Fsp3) is 0.929. The van der Waals surface area contributed by atoms with Crippen molar-refractivity contribution in [2.75, 3.05) is 39.0 Å². The van der Waals surface area contributed by atoms with Gasteiger partial charge < -0.3 is 9.64 Å². The Morgan fingerprint density at radius 3 is 2.10 bits per heavy atom. The second-order valence-corrected chi connectivity index (χ2v) is 9.86. The van der Waals surface area contributed by atoms with E-state index in [1.54, 1.807) is 0 Å². The first-order chi connectivity index (χ1) is 9.13. The lowest BCUT2D eigenvalue weighted by Crippen LogP contribution is -2.52. The highest BCUT2D eigenvalue weighted by molar-refractivity contribution is 8.76. The minimum atomic E-state index is -0.412. The van der Waals surface area contributed by atoms with Crippen LogP contribution in [0.4, 0.5) is 4.79 Å². The summed E-state index contributed by atoms with van der Waals surface area (Å²) >= 11 is 0. The van der Waals surface area contributed by atoms with E-state index in [0.29, 0.717) is 0 Å². The fourth-order valence-electron chi connectivity index (χ4n) is 2.21. The highest BCUT2D eigenvalue weighted by Gasteiger charge is 2.28. The molecule has 0 unspecified atom stereocenters. The SMILES string of the molecule is CSSC(C)(C)CN1CCN(C(=O)OC(C)(C)C)CC1. The molecule has 0 N–H and O–H groups in total. The summed E-state index contributed by atoms with van der Waals surface area (Å²) in [4.78, 5) is 16.2. The lowest BCUT2D eigenvalue weighted by Gasteiger charge is -2.38. The quantitative estimate of drug-likeness (QED) is 0.742. The molecule has 4 nitrogen and oxygen atoms in total. The van der Waals surface area contributed by atoms with E-state index in [2.05, 4.69) is 25.0 Å².